The molecule has 0 aliphatic heterocycles. The second kappa shape index (κ2) is 7.30. The minimum atomic E-state index is -3.38. The van der Waals surface area contributed by atoms with E-state index in [1.807, 2.05) is 30.3 Å². The Morgan fingerprint density at radius 2 is 1.83 bits per heavy atom. The van der Waals surface area contributed by atoms with E-state index in [0.717, 1.165) is 46.4 Å². The second-order valence-electron chi connectivity index (χ2n) is 7.87. The standard InChI is InChI=1S/C22H27N3O3S/c1-14(2)29(26,27)24-16-9-7-15(8-10-16)22-21(23)19-12-11-18(28-3)13-20(19)25(22)17-5-4-6-17/h7-14,17,24H,4-6,23H2,1-3H3. The highest BCUT2D eigenvalue weighted by molar-refractivity contribution is 7.93. The minimum Gasteiger partial charge on any atom is -0.497 e. The van der Waals surface area contributed by atoms with Crippen LogP contribution in [-0.4, -0.2) is 25.3 Å². The number of nitrogens with zero attached hydrogens (tertiary/aromatic N) is 1. The third-order valence-corrected chi connectivity index (χ3v) is 7.49. The molecule has 0 bridgehead atoms. The number of rotatable bonds is 6. The lowest BCUT2D eigenvalue weighted by Crippen LogP contribution is -2.22. The highest BCUT2D eigenvalue weighted by Crippen LogP contribution is 2.44. The van der Waals surface area contributed by atoms with E-state index < -0.39 is 15.3 Å². The summed E-state index contributed by atoms with van der Waals surface area (Å²) in [7, 11) is -1.71. The number of methoxy groups -OCH3 is 1. The summed E-state index contributed by atoms with van der Waals surface area (Å²) >= 11 is 0. The van der Waals surface area contributed by atoms with E-state index in [-0.39, 0.29) is 0 Å². The molecule has 6 nitrogen and oxygen atoms in total. The molecule has 7 heteroatoms. The molecule has 2 aromatic carbocycles. The van der Waals surface area contributed by atoms with Gasteiger partial charge in [0.25, 0.3) is 0 Å². The van der Waals surface area contributed by atoms with Crippen LogP contribution in [0.25, 0.3) is 22.2 Å². The number of sulfonamides is 1. The third-order valence-electron chi connectivity index (χ3n) is 5.73. The number of fused-ring (bicyclic) bond motifs is 1. The number of benzene rings is 2. The van der Waals surface area contributed by atoms with Gasteiger partial charge in [-0.25, -0.2) is 8.42 Å². The van der Waals surface area contributed by atoms with Crippen molar-refractivity contribution in [2.24, 2.45) is 0 Å². The van der Waals surface area contributed by atoms with Gasteiger partial charge in [0.1, 0.15) is 5.75 Å². The molecule has 29 heavy (non-hydrogen) atoms. The van der Waals surface area contributed by atoms with Gasteiger partial charge in [-0.2, -0.15) is 0 Å². The summed E-state index contributed by atoms with van der Waals surface area (Å²) in [5.41, 5.74) is 10.9. The molecule has 1 aliphatic carbocycles. The van der Waals surface area contributed by atoms with Gasteiger partial charge in [-0.05, 0) is 57.4 Å². The van der Waals surface area contributed by atoms with E-state index in [9.17, 15) is 8.42 Å². The zero-order valence-corrected chi connectivity index (χ0v) is 17.8. The van der Waals surface area contributed by atoms with Crippen LogP contribution >= 0.6 is 0 Å². The Hall–Kier alpha value is -2.67. The molecule has 0 saturated heterocycles. The summed E-state index contributed by atoms with van der Waals surface area (Å²) in [5.74, 6) is 0.806. The maximum atomic E-state index is 12.1. The molecule has 0 radical (unpaired) electrons. The van der Waals surface area contributed by atoms with Crippen molar-refractivity contribution in [2.45, 2.75) is 44.4 Å². The maximum Gasteiger partial charge on any atom is 0.235 e. The predicted octanol–water partition coefficient (Wildman–Crippen LogP) is 4.77. The van der Waals surface area contributed by atoms with Crippen LogP contribution in [0.3, 0.4) is 0 Å². The van der Waals surface area contributed by atoms with Crippen LogP contribution in [0.4, 0.5) is 11.4 Å². The Morgan fingerprint density at radius 3 is 2.38 bits per heavy atom. The number of anilines is 2. The normalized spacial score (nSPS) is 14.9. The van der Waals surface area contributed by atoms with Crippen LogP contribution in [-0.2, 0) is 10.0 Å². The maximum absolute atomic E-state index is 12.1. The summed E-state index contributed by atoms with van der Waals surface area (Å²) in [6.45, 7) is 3.31. The fourth-order valence-electron chi connectivity index (χ4n) is 3.74. The van der Waals surface area contributed by atoms with Crippen molar-refractivity contribution in [3.05, 3.63) is 42.5 Å². The number of hydrogen-bond donors (Lipinski definition) is 2. The van der Waals surface area contributed by atoms with Crippen LogP contribution in [0.1, 0.15) is 39.2 Å². The molecule has 0 atom stereocenters. The number of nitrogen functional groups attached to an aromatic ring is 1. The third kappa shape index (κ3) is 3.44. The van der Waals surface area contributed by atoms with Crippen molar-refractivity contribution in [3.8, 4) is 17.0 Å². The predicted molar refractivity (Wildman–Crippen MR) is 119 cm³/mol. The fourth-order valence-corrected chi connectivity index (χ4v) is 4.44. The zero-order valence-electron chi connectivity index (χ0n) is 17.0. The molecule has 1 aromatic heterocycles. The molecule has 3 N–H and O–H groups in total. The number of aromatic nitrogens is 1. The molecule has 0 unspecified atom stereocenters. The van der Waals surface area contributed by atoms with E-state index in [2.05, 4.69) is 9.29 Å². The van der Waals surface area contributed by atoms with E-state index in [1.165, 1.54) is 6.42 Å². The summed E-state index contributed by atoms with van der Waals surface area (Å²) in [4.78, 5) is 0. The lowest BCUT2D eigenvalue weighted by atomic mass is 9.92. The molecule has 154 valence electrons. The quantitative estimate of drug-likeness (QED) is 0.609. The van der Waals surface area contributed by atoms with Gasteiger partial charge >= 0.3 is 0 Å². The average Bonchev–Trinajstić information content (AvgIpc) is 2.93. The van der Waals surface area contributed by atoms with Crippen LogP contribution in [0.2, 0.25) is 0 Å². The lowest BCUT2D eigenvalue weighted by molar-refractivity contribution is 0.324. The van der Waals surface area contributed by atoms with Crippen molar-refractivity contribution in [2.75, 3.05) is 17.6 Å². The van der Waals surface area contributed by atoms with Crippen LogP contribution in [0.15, 0.2) is 42.5 Å². The lowest BCUT2D eigenvalue weighted by Gasteiger charge is -2.30. The van der Waals surface area contributed by atoms with Gasteiger partial charge < -0.3 is 15.0 Å². The van der Waals surface area contributed by atoms with Crippen LogP contribution in [0, 0.1) is 0 Å². The Bertz CT molecular complexity index is 1140. The summed E-state index contributed by atoms with van der Waals surface area (Å²) in [5, 5.41) is 0.520. The Morgan fingerprint density at radius 1 is 1.14 bits per heavy atom. The van der Waals surface area contributed by atoms with Crippen molar-refractivity contribution >= 4 is 32.3 Å². The van der Waals surface area contributed by atoms with Crippen molar-refractivity contribution in [1.82, 2.24) is 4.57 Å². The van der Waals surface area contributed by atoms with E-state index in [1.54, 1.807) is 33.1 Å². The smallest absolute Gasteiger partial charge is 0.235 e. The fraction of sp³-hybridized carbons (Fsp3) is 0.364. The number of ether oxygens (including phenoxy) is 1. The SMILES string of the molecule is COc1ccc2c(N)c(-c3ccc(NS(=O)(=O)C(C)C)cc3)n(C3CCC3)c2c1. The Balaban J connectivity index is 1.80. The molecule has 1 saturated carbocycles. The first-order valence-corrected chi connectivity index (χ1v) is 11.5. The van der Waals surface area contributed by atoms with Gasteiger partial charge in [0, 0.05) is 28.7 Å². The van der Waals surface area contributed by atoms with Gasteiger partial charge in [-0.15, -0.1) is 0 Å². The van der Waals surface area contributed by atoms with Gasteiger partial charge in [-0.1, -0.05) is 12.1 Å². The molecule has 0 spiro atoms. The van der Waals surface area contributed by atoms with E-state index in [4.69, 9.17) is 10.5 Å². The van der Waals surface area contributed by atoms with E-state index >= 15 is 0 Å². The first kappa shape index (κ1) is 19.6. The largest absolute Gasteiger partial charge is 0.497 e. The molecule has 1 fully saturated rings. The number of hydrogen-bond acceptors (Lipinski definition) is 4. The molecular weight excluding hydrogens is 386 g/mol. The highest BCUT2D eigenvalue weighted by atomic mass is 32.2. The molecule has 3 aromatic rings. The number of nitrogens with two attached hydrogens (primary N) is 1. The first-order valence-electron chi connectivity index (χ1n) is 9.91. The van der Waals surface area contributed by atoms with Crippen LogP contribution in [0.5, 0.6) is 5.75 Å². The van der Waals surface area contributed by atoms with Crippen molar-refractivity contribution < 1.29 is 13.2 Å². The molecule has 1 aliphatic rings. The molecule has 1 heterocycles. The molecular formula is C22H27N3O3S. The van der Waals surface area contributed by atoms with Gasteiger partial charge in [0.05, 0.1) is 29.3 Å². The van der Waals surface area contributed by atoms with Crippen LogP contribution < -0.4 is 15.2 Å². The second-order valence-corrected chi connectivity index (χ2v) is 10.1. The summed E-state index contributed by atoms with van der Waals surface area (Å²) in [6, 6.07) is 13.8. The summed E-state index contributed by atoms with van der Waals surface area (Å²) < 4.78 is 34.6. The van der Waals surface area contributed by atoms with Gasteiger partial charge in [-0.3, -0.25) is 4.72 Å². The topological polar surface area (TPSA) is 86.3 Å². The summed E-state index contributed by atoms with van der Waals surface area (Å²) in [6.07, 6.45) is 3.46. The van der Waals surface area contributed by atoms with E-state index in [0.29, 0.717) is 11.7 Å². The van der Waals surface area contributed by atoms with Gasteiger partial charge in [0.15, 0.2) is 0 Å². The van der Waals surface area contributed by atoms with Crippen molar-refractivity contribution in [3.63, 3.8) is 0 Å². The molecule has 0 amide bonds. The molecule has 4 rings (SSSR count). The zero-order chi connectivity index (χ0) is 20.8. The Kier molecular flexibility index (Phi) is 4.94. The minimum absolute atomic E-state index is 0.413. The van der Waals surface area contributed by atoms with Crippen molar-refractivity contribution in [1.29, 1.82) is 0 Å². The monoisotopic (exact) mass is 413 g/mol. The average molecular weight is 414 g/mol. The first-order chi connectivity index (χ1) is 13.8. The number of nitrogens with one attached hydrogen (secondary N) is 1. The van der Waals surface area contributed by atoms with Gasteiger partial charge in [0.2, 0.25) is 10.0 Å². The Labute approximate surface area is 171 Å². The highest BCUT2D eigenvalue weighted by Gasteiger charge is 2.27.